The fraction of sp³-hybridized carbons (Fsp3) is 0.438. The Bertz CT molecular complexity index is 631. The average Bonchev–Trinajstić information content (AvgIpc) is 3.07. The summed E-state index contributed by atoms with van der Waals surface area (Å²) in [6, 6.07) is 8.24. The van der Waals surface area contributed by atoms with Gasteiger partial charge in [0.05, 0.1) is 7.11 Å². The Balaban J connectivity index is 1.77. The summed E-state index contributed by atoms with van der Waals surface area (Å²) < 4.78 is 5.46. The maximum Gasteiger partial charge on any atom is 0.136 e. The lowest BCUT2D eigenvalue weighted by molar-refractivity contribution is 0.420. The van der Waals surface area contributed by atoms with Crippen LogP contribution in [0.3, 0.4) is 0 Å². The van der Waals surface area contributed by atoms with Crippen molar-refractivity contribution < 1.29 is 4.74 Å². The largest absolute Gasteiger partial charge is 0.496 e. The van der Waals surface area contributed by atoms with Crippen LogP contribution in [0, 0.1) is 11.8 Å². The van der Waals surface area contributed by atoms with Crippen molar-refractivity contribution in [3.63, 3.8) is 0 Å². The molecule has 1 aromatic carbocycles. The van der Waals surface area contributed by atoms with Gasteiger partial charge in [-0.25, -0.2) is 4.98 Å². The molecule has 2 aliphatic rings. The molecule has 2 fully saturated rings. The van der Waals surface area contributed by atoms with E-state index < -0.39 is 0 Å². The Morgan fingerprint density at radius 3 is 2.70 bits per heavy atom. The highest BCUT2D eigenvalue weighted by atomic mass is 16.5. The number of fused-ring (bicyclic) bond motifs is 2. The van der Waals surface area contributed by atoms with E-state index in [2.05, 4.69) is 21.3 Å². The van der Waals surface area contributed by atoms with Gasteiger partial charge >= 0.3 is 0 Å². The molecule has 2 aliphatic heterocycles. The topological polar surface area (TPSA) is 37.4 Å². The number of nitrogens with one attached hydrogen (secondary N) is 1. The third-order valence-electron chi connectivity index (χ3n) is 4.65. The van der Waals surface area contributed by atoms with E-state index in [4.69, 9.17) is 4.74 Å². The second kappa shape index (κ2) is 4.63. The Kier molecular flexibility index (Phi) is 2.77. The first-order valence-electron chi connectivity index (χ1n) is 7.24. The number of ether oxygens (including phenoxy) is 1. The molecule has 2 atom stereocenters. The summed E-state index contributed by atoms with van der Waals surface area (Å²) in [5.41, 5.74) is 0. The molecule has 0 aliphatic carbocycles. The number of hydrogen-bond donors (Lipinski definition) is 1. The van der Waals surface area contributed by atoms with Crippen molar-refractivity contribution in [1.29, 1.82) is 0 Å². The highest BCUT2D eigenvalue weighted by Crippen LogP contribution is 2.35. The average molecular weight is 269 g/mol. The summed E-state index contributed by atoms with van der Waals surface area (Å²) in [7, 11) is 1.72. The van der Waals surface area contributed by atoms with Crippen molar-refractivity contribution in [3.8, 4) is 5.75 Å². The summed E-state index contributed by atoms with van der Waals surface area (Å²) in [6.07, 6.45) is 1.90. The lowest BCUT2D eigenvalue weighted by Gasteiger charge is -2.20. The van der Waals surface area contributed by atoms with Gasteiger partial charge in [0.15, 0.2) is 0 Å². The second-order valence-corrected chi connectivity index (χ2v) is 5.77. The van der Waals surface area contributed by atoms with E-state index in [1.807, 2.05) is 24.4 Å². The monoisotopic (exact) mass is 269 g/mol. The van der Waals surface area contributed by atoms with E-state index in [9.17, 15) is 0 Å². The van der Waals surface area contributed by atoms with Crippen LogP contribution in [0.4, 0.5) is 5.82 Å². The van der Waals surface area contributed by atoms with Gasteiger partial charge in [-0.3, -0.25) is 0 Å². The zero-order chi connectivity index (χ0) is 13.5. The number of anilines is 1. The zero-order valence-corrected chi connectivity index (χ0v) is 11.7. The number of rotatable bonds is 2. The van der Waals surface area contributed by atoms with E-state index in [0.717, 1.165) is 55.0 Å². The highest BCUT2D eigenvalue weighted by molar-refractivity contribution is 5.96. The summed E-state index contributed by atoms with van der Waals surface area (Å²) >= 11 is 0. The molecule has 0 spiro atoms. The second-order valence-electron chi connectivity index (χ2n) is 5.77. The minimum Gasteiger partial charge on any atom is -0.496 e. The lowest BCUT2D eigenvalue weighted by Crippen LogP contribution is -2.26. The number of nitrogens with zero attached hydrogens (tertiary/aromatic N) is 2. The molecule has 4 heteroatoms. The van der Waals surface area contributed by atoms with Crippen LogP contribution in [0.15, 0.2) is 30.5 Å². The number of methoxy groups -OCH3 is 1. The fourth-order valence-corrected chi connectivity index (χ4v) is 3.62. The minimum atomic E-state index is 0.776. The highest BCUT2D eigenvalue weighted by Gasteiger charge is 2.37. The maximum absolute atomic E-state index is 5.46. The van der Waals surface area contributed by atoms with E-state index in [-0.39, 0.29) is 0 Å². The number of aromatic nitrogens is 1. The smallest absolute Gasteiger partial charge is 0.136 e. The van der Waals surface area contributed by atoms with Crippen LogP contribution in [0.1, 0.15) is 0 Å². The molecule has 2 aromatic rings. The molecule has 104 valence electrons. The van der Waals surface area contributed by atoms with Gasteiger partial charge in [-0.15, -0.1) is 0 Å². The predicted molar refractivity (Wildman–Crippen MR) is 80.4 cm³/mol. The molecular weight excluding hydrogens is 250 g/mol. The normalized spacial score (nSPS) is 25.1. The van der Waals surface area contributed by atoms with Crippen LogP contribution in [0.25, 0.3) is 10.8 Å². The number of benzene rings is 1. The molecule has 0 bridgehead atoms. The van der Waals surface area contributed by atoms with E-state index in [0.29, 0.717) is 0 Å². The first-order valence-corrected chi connectivity index (χ1v) is 7.24. The van der Waals surface area contributed by atoms with Gasteiger partial charge in [-0.2, -0.15) is 0 Å². The lowest BCUT2D eigenvalue weighted by atomic mass is 10.0. The van der Waals surface area contributed by atoms with Gasteiger partial charge in [0.25, 0.3) is 0 Å². The summed E-state index contributed by atoms with van der Waals surface area (Å²) in [5.74, 6) is 3.58. The first kappa shape index (κ1) is 12.0. The van der Waals surface area contributed by atoms with Crippen LogP contribution in [-0.4, -0.2) is 38.3 Å². The third kappa shape index (κ3) is 1.75. The van der Waals surface area contributed by atoms with E-state index in [1.54, 1.807) is 7.11 Å². The molecule has 0 amide bonds. The van der Waals surface area contributed by atoms with Crippen LogP contribution in [0.5, 0.6) is 5.75 Å². The van der Waals surface area contributed by atoms with Crippen LogP contribution < -0.4 is 15.0 Å². The van der Waals surface area contributed by atoms with Gasteiger partial charge in [0.2, 0.25) is 0 Å². The van der Waals surface area contributed by atoms with Crippen molar-refractivity contribution in [2.45, 2.75) is 0 Å². The Hall–Kier alpha value is -1.81. The van der Waals surface area contributed by atoms with Crippen molar-refractivity contribution >= 4 is 16.6 Å². The maximum atomic E-state index is 5.46. The molecule has 0 saturated carbocycles. The fourth-order valence-electron chi connectivity index (χ4n) is 3.62. The van der Waals surface area contributed by atoms with E-state index >= 15 is 0 Å². The molecule has 20 heavy (non-hydrogen) atoms. The Labute approximate surface area is 118 Å². The molecular formula is C16H19N3O. The zero-order valence-electron chi connectivity index (χ0n) is 11.7. The SMILES string of the molecule is COc1cccc2c(N3CC4CNCC4C3)nccc12. The van der Waals surface area contributed by atoms with Crippen molar-refractivity contribution in [2.24, 2.45) is 11.8 Å². The van der Waals surface area contributed by atoms with Crippen molar-refractivity contribution in [2.75, 3.05) is 38.2 Å². The van der Waals surface area contributed by atoms with Gasteiger partial charge < -0.3 is 15.0 Å². The molecule has 0 radical (unpaired) electrons. The summed E-state index contributed by atoms with van der Waals surface area (Å²) in [4.78, 5) is 7.08. The van der Waals surface area contributed by atoms with Gasteiger partial charge in [-0.1, -0.05) is 12.1 Å². The molecule has 1 aromatic heterocycles. The van der Waals surface area contributed by atoms with Crippen molar-refractivity contribution in [1.82, 2.24) is 10.3 Å². The standard InChI is InChI=1S/C16H19N3O/c1-20-15-4-2-3-14-13(15)5-6-18-16(14)19-9-11-7-17-8-12(11)10-19/h2-6,11-12,17H,7-10H2,1H3. The van der Waals surface area contributed by atoms with Crippen LogP contribution in [-0.2, 0) is 0 Å². The molecule has 2 saturated heterocycles. The Morgan fingerprint density at radius 1 is 1.15 bits per heavy atom. The summed E-state index contributed by atoms with van der Waals surface area (Å²) in [5, 5.41) is 5.83. The molecule has 4 nitrogen and oxygen atoms in total. The molecule has 4 rings (SSSR count). The van der Waals surface area contributed by atoms with Gasteiger partial charge in [-0.05, 0) is 24.0 Å². The molecule has 1 N–H and O–H groups in total. The quantitative estimate of drug-likeness (QED) is 0.903. The van der Waals surface area contributed by atoms with Crippen LogP contribution >= 0.6 is 0 Å². The van der Waals surface area contributed by atoms with Gasteiger partial charge in [0, 0.05) is 43.1 Å². The Morgan fingerprint density at radius 2 is 1.95 bits per heavy atom. The first-order chi connectivity index (χ1) is 9.86. The van der Waals surface area contributed by atoms with Crippen LogP contribution in [0.2, 0.25) is 0 Å². The molecule has 3 heterocycles. The minimum absolute atomic E-state index is 0.776. The van der Waals surface area contributed by atoms with E-state index in [1.165, 1.54) is 5.39 Å². The predicted octanol–water partition coefficient (Wildman–Crippen LogP) is 1.90. The van der Waals surface area contributed by atoms with Gasteiger partial charge in [0.1, 0.15) is 11.6 Å². The number of hydrogen-bond acceptors (Lipinski definition) is 4. The molecule has 2 unspecified atom stereocenters. The number of pyridine rings is 1. The summed E-state index contributed by atoms with van der Waals surface area (Å²) in [6.45, 7) is 4.52. The third-order valence-corrected chi connectivity index (χ3v) is 4.65. The van der Waals surface area contributed by atoms with Crippen molar-refractivity contribution in [3.05, 3.63) is 30.5 Å².